The van der Waals surface area contributed by atoms with Crippen LogP contribution in [-0.4, -0.2) is 19.9 Å². The van der Waals surface area contributed by atoms with Crippen LogP contribution in [0.25, 0.3) is 73.8 Å². The monoisotopic (exact) mass is 606 g/mol. The molecule has 0 bridgehead atoms. The predicted octanol–water partition coefficient (Wildman–Crippen LogP) is 10.9. The van der Waals surface area contributed by atoms with Crippen LogP contribution in [0.4, 0.5) is 0 Å². The molecule has 0 spiro atoms. The second-order valence-corrected chi connectivity index (χ2v) is 11.7. The van der Waals surface area contributed by atoms with Crippen molar-refractivity contribution in [3.8, 4) is 67.7 Å². The van der Waals surface area contributed by atoms with Crippen LogP contribution in [0.1, 0.15) is 23.7 Å². The molecule has 0 aliphatic rings. The Labute approximate surface area is 276 Å². The Morgan fingerprint density at radius 3 is 1.53 bits per heavy atom. The summed E-state index contributed by atoms with van der Waals surface area (Å²) in [6, 6.07) is 48.2. The van der Waals surface area contributed by atoms with Gasteiger partial charge in [-0.1, -0.05) is 109 Å². The van der Waals surface area contributed by atoms with Crippen molar-refractivity contribution in [1.82, 2.24) is 19.9 Å². The Morgan fingerprint density at radius 1 is 0.404 bits per heavy atom. The maximum absolute atomic E-state index is 5.06. The zero-order valence-electron chi connectivity index (χ0n) is 26.7. The summed E-state index contributed by atoms with van der Waals surface area (Å²) in [6.07, 6.45) is 4.24. The van der Waals surface area contributed by atoms with Gasteiger partial charge in [0.05, 0.1) is 5.69 Å². The molecule has 4 nitrogen and oxygen atoms in total. The van der Waals surface area contributed by atoms with Crippen molar-refractivity contribution in [1.29, 1.82) is 0 Å². The van der Waals surface area contributed by atoms with Crippen molar-refractivity contribution in [3.05, 3.63) is 162 Å². The molecule has 0 atom stereocenters. The van der Waals surface area contributed by atoms with E-state index in [1.165, 1.54) is 11.1 Å². The molecule has 4 heteroatoms. The quantitative estimate of drug-likeness (QED) is 0.181. The van der Waals surface area contributed by atoms with Gasteiger partial charge in [0.1, 0.15) is 0 Å². The van der Waals surface area contributed by atoms with Crippen LogP contribution in [0.3, 0.4) is 0 Å². The fourth-order valence-corrected chi connectivity index (χ4v) is 5.77. The molecule has 0 aliphatic carbocycles. The number of hydrogen-bond donors (Lipinski definition) is 0. The van der Waals surface area contributed by atoms with Gasteiger partial charge in [-0.05, 0) is 96.6 Å². The predicted molar refractivity (Wildman–Crippen MR) is 194 cm³/mol. The van der Waals surface area contributed by atoms with Gasteiger partial charge in [0, 0.05) is 27.9 Å². The highest BCUT2D eigenvalue weighted by Crippen LogP contribution is 2.35. The molecule has 2 aromatic heterocycles. The fraction of sp³-hybridized carbons (Fsp3) is 0.0698. The van der Waals surface area contributed by atoms with Gasteiger partial charge in [0.15, 0.2) is 17.5 Å². The maximum Gasteiger partial charge on any atom is 0.164 e. The van der Waals surface area contributed by atoms with E-state index in [4.69, 9.17) is 19.9 Å². The zero-order valence-corrected chi connectivity index (χ0v) is 26.7. The molecule has 0 saturated heterocycles. The Morgan fingerprint density at radius 2 is 0.915 bits per heavy atom. The first-order valence-electron chi connectivity index (χ1n) is 15.8. The first-order chi connectivity index (χ1) is 23.0. The lowest BCUT2D eigenvalue weighted by Gasteiger charge is -2.14. The van der Waals surface area contributed by atoms with Crippen LogP contribution < -0.4 is 0 Å². The molecule has 0 N–H and O–H groups in total. The van der Waals surface area contributed by atoms with Crippen molar-refractivity contribution in [3.63, 3.8) is 0 Å². The van der Waals surface area contributed by atoms with E-state index in [9.17, 15) is 0 Å². The minimum Gasteiger partial charge on any atom is -0.253 e. The van der Waals surface area contributed by atoms with E-state index < -0.39 is 0 Å². The molecule has 0 aliphatic heterocycles. The summed E-state index contributed by atoms with van der Waals surface area (Å²) >= 11 is 0. The summed E-state index contributed by atoms with van der Waals surface area (Å²) in [5.41, 5.74) is 12.6. The van der Waals surface area contributed by atoms with Crippen molar-refractivity contribution < 1.29 is 0 Å². The van der Waals surface area contributed by atoms with E-state index in [-0.39, 0.29) is 0 Å². The molecule has 0 unspecified atom stereocenters. The molecule has 0 saturated carbocycles. The third-order valence-electron chi connectivity index (χ3n) is 8.23. The van der Waals surface area contributed by atoms with Gasteiger partial charge in [-0.3, -0.25) is 4.98 Å². The van der Waals surface area contributed by atoms with Gasteiger partial charge in [0.2, 0.25) is 0 Å². The summed E-state index contributed by atoms with van der Waals surface area (Å²) in [7, 11) is 0. The highest BCUT2D eigenvalue weighted by atomic mass is 15.0. The van der Waals surface area contributed by atoms with E-state index >= 15 is 0 Å². The smallest absolute Gasteiger partial charge is 0.164 e. The second-order valence-electron chi connectivity index (χ2n) is 11.7. The van der Waals surface area contributed by atoms with Crippen LogP contribution in [0.15, 0.2) is 146 Å². The highest BCUT2D eigenvalue weighted by molar-refractivity contribution is 5.82. The maximum atomic E-state index is 5.06. The number of aromatic nitrogens is 4. The summed E-state index contributed by atoms with van der Waals surface area (Å²) in [4.78, 5) is 19.8. The molecule has 226 valence electrons. The van der Waals surface area contributed by atoms with E-state index in [0.717, 1.165) is 55.9 Å². The van der Waals surface area contributed by atoms with Crippen molar-refractivity contribution >= 4 is 6.08 Å². The third-order valence-corrected chi connectivity index (χ3v) is 8.23. The van der Waals surface area contributed by atoms with Gasteiger partial charge < -0.3 is 0 Å². The van der Waals surface area contributed by atoms with Crippen LogP contribution in [0.2, 0.25) is 0 Å². The number of pyridine rings is 1. The lowest BCUT2D eigenvalue weighted by Crippen LogP contribution is -2.00. The topological polar surface area (TPSA) is 51.6 Å². The lowest BCUT2D eigenvalue weighted by molar-refractivity contribution is 1.07. The molecule has 0 fully saturated rings. The van der Waals surface area contributed by atoms with Gasteiger partial charge >= 0.3 is 0 Å². The molecule has 7 rings (SSSR count). The average molecular weight is 607 g/mol. The molecule has 0 amide bonds. The molecule has 47 heavy (non-hydrogen) atoms. The fourth-order valence-electron chi connectivity index (χ4n) is 5.77. The SMILES string of the molecule is C/C=C\c1cc(-c2cc(-c3cccc(-c4cccc(C)n4)c3)cc(-c3nc(-c4ccccc4)nc(-c4ccccc4)n3)c2)ccc1C. The van der Waals surface area contributed by atoms with Crippen molar-refractivity contribution in [2.75, 3.05) is 0 Å². The van der Waals surface area contributed by atoms with E-state index in [1.54, 1.807) is 0 Å². The number of hydrogen-bond acceptors (Lipinski definition) is 4. The summed E-state index contributed by atoms with van der Waals surface area (Å²) in [5.74, 6) is 1.90. The Kier molecular flexibility index (Phi) is 8.31. The molecule has 7 aromatic rings. The van der Waals surface area contributed by atoms with Crippen LogP contribution in [0.5, 0.6) is 0 Å². The third kappa shape index (κ3) is 6.54. The van der Waals surface area contributed by atoms with Crippen molar-refractivity contribution in [2.45, 2.75) is 20.8 Å². The summed E-state index contributed by atoms with van der Waals surface area (Å²) in [6.45, 7) is 6.22. The summed E-state index contributed by atoms with van der Waals surface area (Å²) < 4.78 is 0. The van der Waals surface area contributed by atoms with Gasteiger partial charge in [0.25, 0.3) is 0 Å². The molecule has 0 radical (unpaired) electrons. The molecular weight excluding hydrogens is 573 g/mol. The Balaban J connectivity index is 1.45. The number of benzene rings is 5. The largest absolute Gasteiger partial charge is 0.253 e. The number of nitrogens with zero attached hydrogens (tertiary/aromatic N) is 4. The van der Waals surface area contributed by atoms with E-state index in [2.05, 4.69) is 98.8 Å². The van der Waals surface area contributed by atoms with Gasteiger partial charge in [-0.25, -0.2) is 15.0 Å². The summed E-state index contributed by atoms with van der Waals surface area (Å²) in [5, 5.41) is 0. The van der Waals surface area contributed by atoms with E-state index in [1.807, 2.05) is 73.7 Å². The lowest BCUT2D eigenvalue weighted by atomic mass is 9.93. The van der Waals surface area contributed by atoms with Gasteiger partial charge in [-0.15, -0.1) is 0 Å². The van der Waals surface area contributed by atoms with Crippen LogP contribution in [-0.2, 0) is 0 Å². The first kappa shape index (κ1) is 29.7. The van der Waals surface area contributed by atoms with Gasteiger partial charge in [-0.2, -0.15) is 0 Å². The second kappa shape index (κ2) is 13.2. The Bertz CT molecular complexity index is 2160. The molecule has 5 aromatic carbocycles. The first-order valence-corrected chi connectivity index (χ1v) is 15.8. The Hall–Kier alpha value is -6.00. The molecule has 2 heterocycles. The van der Waals surface area contributed by atoms with Crippen molar-refractivity contribution in [2.24, 2.45) is 0 Å². The van der Waals surface area contributed by atoms with E-state index in [0.29, 0.717) is 17.5 Å². The minimum atomic E-state index is 0.623. The number of rotatable bonds is 7. The van der Waals surface area contributed by atoms with Crippen LogP contribution >= 0.6 is 0 Å². The zero-order chi connectivity index (χ0) is 32.2. The average Bonchev–Trinajstić information content (AvgIpc) is 3.13. The standard InChI is InChI=1S/C43H34N4/c1-4-13-33-24-35(23-22-29(33)2)38-26-37(34-19-12-20-36(25-34)40-21-11-14-30(3)44-40)27-39(28-38)43-46-41(31-15-7-5-8-16-31)45-42(47-43)32-17-9-6-10-18-32/h4-28H,1-3H3/b13-4-. The normalized spacial score (nSPS) is 11.2. The number of aryl methyl sites for hydroxylation is 2. The number of allylic oxidation sites excluding steroid dienone is 1. The molecular formula is C43H34N4. The van der Waals surface area contributed by atoms with Crippen LogP contribution in [0, 0.1) is 13.8 Å². The minimum absolute atomic E-state index is 0.623. The highest BCUT2D eigenvalue weighted by Gasteiger charge is 2.15.